The number of nitrogens with zero attached hydrogens (tertiary/aromatic N) is 2. The largest absolute Gasteiger partial charge is 0.295 e. The van der Waals surface area contributed by atoms with Gasteiger partial charge in [-0.05, 0) is 64.4 Å². The van der Waals surface area contributed by atoms with Crippen LogP contribution in [0.1, 0.15) is 0 Å². The molecule has 0 amide bonds. The van der Waals surface area contributed by atoms with Gasteiger partial charge in [0.2, 0.25) is 0 Å². The van der Waals surface area contributed by atoms with Gasteiger partial charge in [0.15, 0.2) is 0 Å². The van der Waals surface area contributed by atoms with E-state index in [1.807, 2.05) is 22.7 Å². The van der Waals surface area contributed by atoms with Gasteiger partial charge in [-0.25, -0.2) is 4.98 Å². The monoisotopic (exact) mass is 584 g/mol. The number of fused-ring (bicyclic) bond motifs is 8. The molecule has 9 aromatic rings. The van der Waals surface area contributed by atoms with Gasteiger partial charge in [0.1, 0.15) is 5.82 Å². The lowest BCUT2D eigenvalue weighted by Gasteiger charge is -2.24. The van der Waals surface area contributed by atoms with Crippen LogP contribution in [0.2, 0.25) is 0 Å². The van der Waals surface area contributed by atoms with Gasteiger partial charge in [-0.1, -0.05) is 97.1 Å². The Hall–Kier alpha value is -5.03. The van der Waals surface area contributed by atoms with Crippen LogP contribution in [-0.4, -0.2) is 4.98 Å². The van der Waals surface area contributed by atoms with Crippen molar-refractivity contribution in [1.29, 1.82) is 0 Å². The molecule has 0 N–H and O–H groups in total. The van der Waals surface area contributed by atoms with Crippen LogP contribution in [0, 0.1) is 0 Å². The molecule has 0 fully saturated rings. The van der Waals surface area contributed by atoms with Gasteiger partial charge in [0.25, 0.3) is 0 Å². The molecule has 4 heteroatoms. The molecule has 3 aromatic heterocycles. The molecule has 0 aliphatic heterocycles. The van der Waals surface area contributed by atoms with Gasteiger partial charge < -0.3 is 0 Å². The molecule has 0 unspecified atom stereocenters. The Kier molecular flexibility index (Phi) is 5.58. The highest BCUT2D eigenvalue weighted by Crippen LogP contribution is 2.43. The Labute approximate surface area is 256 Å². The average Bonchev–Trinajstić information content (AvgIpc) is 3.63. The Balaban J connectivity index is 1.23. The van der Waals surface area contributed by atoms with Crippen LogP contribution < -0.4 is 4.90 Å². The molecule has 0 spiro atoms. The topological polar surface area (TPSA) is 16.1 Å². The van der Waals surface area contributed by atoms with Crippen molar-refractivity contribution in [2.24, 2.45) is 0 Å². The van der Waals surface area contributed by atoms with E-state index in [0.29, 0.717) is 0 Å². The molecule has 0 radical (unpaired) electrons. The van der Waals surface area contributed by atoms with E-state index >= 15 is 0 Å². The fraction of sp³-hybridized carbons (Fsp3) is 0. The van der Waals surface area contributed by atoms with Crippen LogP contribution in [0.5, 0.6) is 0 Å². The van der Waals surface area contributed by atoms with Crippen LogP contribution in [0.3, 0.4) is 0 Å². The highest BCUT2D eigenvalue weighted by atomic mass is 32.1. The molecule has 0 saturated carbocycles. The summed E-state index contributed by atoms with van der Waals surface area (Å²) >= 11 is 3.68. The predicted molar refractivity (Wildman–Crippen MR) is 188 cm³/mol. The summed E-state index contributed by atoms with van der Waals surface area (Å²) in [5.74, 6) is 0.913. The SMILES string of the molecule is c1ccc(-c2ccc(N(c3ccc4c(c3)sc3ccccc34)c3cc4sc5ccc6ccccc6c5c4cn3)cc2)cc1. The summed E-state index contributed by atoms with van der Waals surface area (Å²) in [6, 6.07) is 50.2. The third kappa shape index (κ3) is 4.03. The molecule has 43 heavy (non-hydrogen) atoms. The number of pyridine rings is 1. The summed E-state index contributed by atoms with van der Waals surface area (Å²) in [6.45, 7) is 0. The van der Waals surface area contributed by atoms with Crippen molar-refractivity contribution in [2.45, 2.75) is 0 Å². The van der Waals surface area contributed by atoms with E-state index in [0.717, 1.165) is 17.2 Å². The molecule has 0 bridgehead atoms. The summed E-state index contributed by atoms with van der Waals surface area (Å²) in [6.07, 6.45) is 2.07. The van der Waals surface area contributed by atoms with Gasteiger partial charge in [0.05, 0.1) is 0 Å². The van der Waals surface area contributed by atoms with E-state index in [4.69, 9.17) is 4.98 Å². The molecule has 2 nitrogen and oxygen atoms in total. The van der Waals surface area contributed by atoms with Crippen LogP contribution >= 0.6 is 22.7 Å². The van der Waals surface area contributed by atoms with Crippen molar-refractivity contribution >= 4 is 91.0 Å². The summed E-state index contributed by atoms with van der Waals surface area (Å²) in [5.41, 5.74) is 4.59. The molecule has 9 rings (SSSR count). The first-order chi connectivity index (χ1) is 21.3. The van der Waals surface area contributed by atoms with Gasteiger partial charge in [-0.3, -0.25) is 4.90 Å². The normalized spacial score (nSPS) is 11.7. The number of aromatic nitrogens is 1. The van der Waals surface area contributed by atoms with Gasteiger partial charge >= 0.3 is 0 Å². The number of benzene rings is 6. The Morgan fingerprint density at radius 1 is 0.442 bits per heavy atom. The minimum atomic E-state index is 0.913. The van der Waals surface area contributed by atoms with E-state index in [2.05, 4.69) is 151 Å². The Morgan fingerprint density at radius 2 is 1.12 bits per heavy atom. The van der Waals surface area contributed by atoms with Crippen molar-refractivity contribution < 1.29 is 0 Å². The van der Waals surface area contributed by atoms with Gasteiger partial charge in [-0.2, -0.15) is 0 Å². The van der Waals surface area contributed by atoms with E-state index in [9.17, 15) is 0 Å². The Bertz CT molecular complexity index is 2450. The second-order valence-corrected chi connectivity index (χ2v) is 13.0. The lowest BCUT2D eigenvalue weighted by molar-refractivity contribution is 1.20. The third-order valence-corrected chi connectivity index (χ3v) is 10.6. The summed E-state index contributed by atoms with van der Waals surface area (Å²) in [5, 5.41) is 7.65. The Morgan fingerprint density at radius 3 is 2.00 bits per heavy atom. The van der Waals surface area contributed by atoms with Gasteiger partial charge in [-0.15, -0.1) is 22.7 Å². The van der Waals surface area contributed by atoms with Gasteiger partial charge in [0, 0.05) is 57.9 Å². The molecule has 0 saturated heterocycles. The quantitative estimate of drug-likeness (QED) is 0.205. The fourth-order valence-electron chi connectivity index (χ4n) is 6.25. The van der Waals surface area contributed by atoms with E-state index in [1.54, 1.807) is 0 Å². The van der Waals surface area contributed by atoms with Crippen molar-refractivity contribution in [1.82, 2.24) is 4.98 Å². The minimum Gasteiger partial charge on any atom is -0.295 e. The smallest absolute Gasteiger partial charge is 0.138 e. The lowest BCUT2D eigenvalue weighted by Crippen LogP contribution is -2.11. The maximum atomic E-state index is 5.13. The zero-order chi connectivity index (χ0) is 28.3. The molecule has 202 valence electrons. The first kappa shape index (κ1) is 24.6. The fourth-order valence-corrected chi connectivity index (χ4v) is 8.52. The summed E-state index contributed by atoms with van der Waals surface area (Å²) in [7, 11) is 0. The molecule has 0 aliphatic carbocycles. The van der Waals surface area contributed by atoms with Crippen LogP contribution in [-0.2, 0) is 0 Å². The van der Waals surface area contributed by atoms with Crippen LogP contribution in [0.15, 0.2) is 146 Å². The minimum absolute atomic E-state index is 0.913. The molecular formula is C39H24N2S2. The zero-order valence-electron chi connectivity index (χ0n) is 23.1. The molecule has 6 aromatic carbocycles. The maximum absolute atomic E-state index is 5.13. The lowest BCUT2D eigenvalue weighted by atomic mass is 10.0. The first-order valence-electron chi connectivity index (χ1n) is 14.4. The van der Waals surface area contributed by atoms with E-state index < -0.39 is 0 Å². The second-order valence-electron chi connectivity index (χ2n) is 10.8. The summed E-state index contributed by atoms with van der Waals surface area (Å²) < 4.78 is 5.12. The van der Waals surface area contributed by atoms with Crippen molar-refractivity contribution in [3.8, 4) is 11.1 Å². The zero-order valence-corrected chi connectivity index (χ0v) is 24.7. The standard InChI is InChI=1S/C39H24N2S2/c1-2-8-25(9-3-1)26-14-17-28(18-15-26)41(29-19-20-32-31-12-6-7-13-34(31)42-36(32)22-29)38-23-37-33(24-40-38)39-30-11-5-4-10-27(30)16-21-35(39)43-37/h1-24H. The summed E-state index contributed by atoms with van der Waals surface area (Å²) in [4.78, 5) is 7.42. The van der Waals surface area contributed by atoms with Crippen molar-refractivity contribution in [3.05, 3.63) is 146 Å². The van der Waals surface area contributed by atoms with E-state index in [1.165, 1.54) is 62.2 Å². The van der Waals surface area contributed by atoms with Crippen molar-refractivity contribution in [3.63, 3.8) is 0 Å². The van der Waals surface area contributed by atoms with E-state index in [-0.39, 0.29) is 0 Å². The number of hydrogen-bond donors (Lipinski definition) is 0. The number of hydrogen-bond acceptors (Lipinski definition) is 4. The second kappa shape index (κ2) is 9.77. The van der Waals surface area contributed by atoms with Crippen LogP contribution in [0.25, 0.3) is 62.2 Å². The first-order valence-corrected chi connectivity index (χ1v) is 16.0. The number of thiophene rings is 2. The highest BCUT2D eigenvalue weighted by Gasteiger charge is 2.18. The third-order valence-electron chi connectivity index (χ3n) is 8.31. The molecule has 3 heterocycles. The maximum Gasteiger partial charge on any atom is 0.138 e. The molecular weight excluding hydrogens is 561 g/mol. The average molecular weight is 585 g/mol. The number of rotatable bonds is 4. The predicted octanol–water partition coefficient (Wildman–Crippen LogP) is 12.1. The van der Waals surface area contributed by atoms with Crippen LogP contribution in [0.4, 0.5) is 17.2 Å². The number of anilines is 3. The van der Waals surface area contributed by atoms with Crippen molar-refractivity contribution in [2.75, 3.05) is 4.90 Å². The molecule has 0 aliphatic rings. The molecule has 0 atom stereocenters. The highest BCUT2D eigenvalue weighted by molar-refractivity contribution is 7.26.